The number of nitrogens with one attached hydrogen (secondary N) is 1. The minimum absolute atomic E-state index is 0.0196. The molecule has 0 radical (unpaired) electrons. The maximum absolute atomic E-state index is 11.9. The lowest BCUT2D eigenvalue weighted by atomic mass is 9.95. The van der Waals surface area contributed by atoms with Gasteiger partial charge in [0, 0.05) is 32.7 Å². The molecule has 1 aromatic rings. The van der Waals surface area contributed by atoms with Crippen LogP contribution in [0.25, 0.3) is 0 Å². The van der Waals surface area contributed by atoms with Crippen LogP contribution in [-0.4, -0.2) is 36.5 Å². The normalized spacial score (nSPS) is 16.3. The van der Waals surface area contributed by atoms with Gasteiger partial charge in [-0.1, -0.05) is 19.3 Å². The summed E-state index contributed by atoms with van der Waals surface area (Å²) < 4.78 is 1.55. The van der Waals surface area contributed by atoms with E-state index in [4.69, 9.17) is 0 Å². The van der Waals surface area contributed by atoms with Crippen molar-refractivity contribution in [3.8, 4) is 0 Å². The second-order valence-corrected chi connectivity index (χ2v) is 5.81. The number of nitrogens with zero attached hydrogens (tertiary/aromatic N) is 3. The number of aromatic nitrogens is 2. The van der Waals surface area contributed by atoms with Crippen molar-refractivity contribution in [2.24, 2.45) is 0 Å². The predicted molar refractivity (Wildman–Crippen MR) is 82.3 cm³/mol. The van der Waals surface area contributed by atoms with Gasteiger partial charge in [-0.05, 0) is 25.8 Å². The first-order valence-electron chi connectivity index (χ1n) is 7.64. The molecule has 0 saturated heterocycles. The maximum Gasteiger partial charge on any atom is 0.268 e. The van der Waals surface area contributed by atoms with Gasteiger partial charge in [0.25, 0.3) is 5.56 Å². The lowest BCUT2D eigenvalue weighted by molar-refractivity contribution is 0.366. The molecule has 0 atom stereocenters. The van der Waals surface area contributed by atoms with Gasteiger partial charge in [-0.25, -0.2) is 4.68 Å². The average molecular weight is 278 g/mol. The van der Waals surface area contributed by atoms with Crippen LogP contribution in [0.15, 0.2) is 17.1 Å². The molecule has 0 aromatic carbocycles. The molecule has 0 amide bonds. The van der Waals surface area contributed by atoms with Crippen molar-refractivity contribution in [3.63, 3.8) is 0 Å². The smallest absolute Gasteiger partial charge is 0.268 e. The van der Waals surface area contributed by atoms with E-state index in [0.29, 0.717) is 12.6 Å². The summed E-state index contributed by atoms with van der Waals surface area (Å²) in [7, 11) is 3.82. The van der Waals surface area contributed by atoms with E-state index in [1.165, 1.54) is 32.1 Å². The molecule has 5 nitrogen and oxygen atoms in total. The minimum atomic E-state index is -0.0196. The molecule has 1 saturated carbocycles. The van der Waals surface area contributed by atoms with Crippen LogP contribution in [0, 0.1) is 0 Å². The molecule has 5 heteroatoms. The van der Waals surface area contributed by atoms with E-state index < -0.39 is 0 Å². The fraction of sp³-hybridized carbons (Fsp3) is 0.733. The van der Waals surface area contributed by atoms with E-state index in [9.17, 15) is 4.79 Å². The molecule has 112 valence electrons. The third-order valence-electron chi connectivity index (χ3n) is 3.96. The Bertz CT molecular complexity index is 463. The van der Waals surface area contributed by atoms with Crippen LogP contribution in [0.1, 0.15) is 38.5 Å². The van der Waals surface area contributed by atoms with Gasteiger partial charge in [0.15, 0.2) is 0 Å². The summed E-state index contributed by atoms with van der Waals surface area (Å²) in [5.41, 5.74) is 0.834. The first-order valence-corrected chi connectivity index (χ1v) is 7.64. The summed E-state index contributed by atoms with van der Waals surface area (Å²) in [5, 5.41) is 7.81. The summed E-state index contributed by atoms with van der Waals surface area (Å²) in [4.78, 5) is 13.8. The molecule has 0 aliphatic heterocycles. The van der Waals surface area contributed by atoms with E-state index in [-0.39, 0.29) is 5.56 Å². The van der Waals surface area contributed by atoms with Gasteiger partial charge >= 0.3 is 0 Å². The van der Waals surface area contributed by atoms with Gasteiger partial charge in [0.1, 0.15) is 0 Å². The Kier molecular flexibility index (Phi) is 5.59. The van der Waals surface area contributed by atoms with E-state index in [1.807, 2.05) is 19.0 Å². The number of anilines is 1. The number of hydrogen-bond donors (Lipinski definition) is 1. The Morgan fingerprint density at radius 1 is 1.35 bits per heavy atom. The largest absolute Gasteiger partial charge is 0.376 e. The molecular formula is C15H26N4O. The van der Waals surface area contributed by atoms with Gasteiger partial charge in [0.2, 0.25) is 0 Å². The van der Waals surface area contributed by atoms with Crippen LogP contribution in [-0.2, 0) is 6.54 Å². The Hall–Kier alpha value is -1.36. The topological polar surface area (TPSA) is 50.2 Å². The van der Waals surface area contributed by atoms with E-state index in [2.05, 4.69) is 10.4 Å². The van der Waals surface area contributed by atoms with Crippen molar-refractivity contribution < 1.29 is 0 Å². The third-order valence-corrected chi connectivity index (χ3v) is 3.96. The molecule has 20 heavy (non-hydrogen) atoms. The highest BCUT2D eigenvalue weighted by atomic mass is 16.1. The summed E-state index contributed by atoms with van der Waals surface area (Å²) in [6.45, 7) is 1.65. The Labute approximate surface area is 121 Å². The van der Waals surface area contributed by atoms with E-state index >= 15 is 0 Å². The molecule has 2 rings (SSSR count). The summed E-state index contributed by atoms with van der Waals surface area (Å²) in [6, 6.07) is 2.33. The molecule has 1 aliphatic carbocycles. The zero-order chi connectivity index (χ0) is 14.4. The van der Waals surface area contributed by atoms with Gasteiger partial charge in [0.05, 0.1) is 11.9 Å². The van der Waals surface area contributed by atoms with Crippen LogP contribution in [0.4, 0.5) is 5.69 Å². The van der Waals surface area contributed by atoms with E-state index in [1.54, 1.807) is 16.9 Å². The highest BCUT2D eigenvalue weighted by Gasteiger charge is 2.11. The Morgan fingerprint density at radius 2 is 2.10 bits per heavy atom. The molecule has 0 unspecified atom stereocenters. The molecule has 1 aliphatic rings. The number of aryl methyl sites for hydroxylation is 1. The van der Waals surface area contributed by atoms with Crippen molar-refractivity contribution in [3.05, 3.63) is 22.6 Å². The van der Waals surface area contributed by atoms with E-state index in [0.717, 1.165) is 18.7 Å². The van der Waals surface area contributed by atoms with Crippen LogP contribution in [0.2, 0.25) is 0 Å². The van der Waals surface area contributed by atoms with Crippen molar-refractivity contribution in [1.82, 2.24) is 15.1 Å². The first kappa shape index (κ1) is 15.0. The molecule has 1 heterocycles. The van der Waals surface area contributed by atoms with Crippen LogP contribution >= 0.6 is 0 Å². The second kappa shape index (κ2) is 7.43. The number of hydrogen-bond acceptors (Lipinski definition) is 4. The third kappa shape index (κ3) is 4.34. The minimum Gasteiger partial charge on any atom is -0.376 e. The van der Waals surface area contributed by atoms with Crippen LogP contribution in [0.5, 0.6) is 0 Å². The molecule has 0 bridgehead atoms. The van der Waals surface area contributed by atoms with Crippen LogP contribution in [0.3, 0.4) is 0 Å². The van der Waals surface area contributed by atoms with Crippen molar-refractivity contribution in [2.75, 3.05) is 25.5 Å². The van der Waals surface area contributed by atoms with Crippen molar-refractivity contribution in [2.45, 2.75) is 51.1 Å². The summed E-state index contributed by atoms with van der Waals surface area (Å²) >= 11 is 0. The average Bonchev–Trinajstić information content (AvgIpc) is 2.46. The fourth-order valence-electron chi connectivity index (χ4n) is 2.68. The van der Waals surface area contributed by atoms with Gasteiger partial charge in [-0.3, -0.25) is 4.79 Å². The van der Waals surface area contributed by atoms with Crippen LogP contribution < -0.4 is 15.8 Å². The Morgan fingerprint density at radius 3 is 2.75 bits per heavy atom. The standard InChI is InChI=1S/C15H26N4O/c1-18(2)14-11-15(20)19(17-12-14)10-6-9-16-13-7-4-3-5-8-13/h11-13,16H,3-10H2,1-2H3. The monoisotopic (exact) mass is 278 g/mol. The summed E-state index contributed by atoms with van der Waals surface area (Å²) in [6.07, 6.45) is 9.39. The molecule has 0 spiro atoms. The molecular weight excluding hydrogens is 252 g/mol. The highest BCUT2D eigenvalue weighted by molar-refractivity contribution is 5.40. The Balaban J connectivity index is 1.75. The van der Waals surface area contributed by atoms with Crippen molar-refractivity contribution >= 4 is 5.69 Å². The van der Waals surface area contributed by atoms with Gasteiger partial charge in [-0.15, -0.1) is 0 Å². The lowest BCUT2D eigenvalue weighted by Crippen LogP contribution is -2.33. The quantitative estimate of drug-likeness (QED) is 0.803. The van der Waals surface area contributed by atoms with Gasteiger partial charge < -0.3 is 10.2 Å². The number of rotatable bonds is 6. The van der Waals surface area contributed by atoms with Gasteiger partial charge in [-0.2, -0.15) is 5.10 Å². The fourth-order valence-corrected chi connectivity index (χ4v) is 2.68. The molecule has 1 fully saturated rings. The van der Waals surface area contributed by atoms with Crippen molar-refractivity contribution in [1.29, 1.82) is 0 Å². The maximum atomic E-state index is 11.9. The second-order valence-electron chi connectivity index (χ2n) is 5.81. The molecule has 1 N–H and O–H groups in total. The summed E-state index contributed by atoms with van der Waals surface area (Å²) in [5.74, 6) is 0. The molecule has 1 aromatic heterocycles. The SMILES string of the molecule is CN(C)c1cnn(CCCNC2CCCCC2)c(=O)c1. The predicted octanol–water partition coefficient (Wildman–Crippen LogP) is 1.62. The zero-order valence-electron chi connectivity index (χ0n) is 12.6. The highest BCUT2D eigenvalue weighted by Crippen LogP contribution is 2.17. The lowest BCUT2D eigenvalue weighted by Gasteiger charge is -2.22. The zero-order valence-corrected chi connectivity index (χ0v) is 12.6. The first-order chi connectivity index (χ1) is 9.66.